The highest BCUT2D eigenvalue weighted by Gasteiger charge is 2.32. The molecule has 0 radical (unpaired) electrons. The van der Waals surface area contributed by atoms with Crippen molar-refractivity contribution in [2.45, 2.75) is 30.0 Å². The van der Waals surface area contributed by atoms with Gasteiger partial charge < -0.3 is 16.0 Å². The number of nitrogens with zero attached hydrogens (tertiary/aromatic N) is 1. The van der Waals surface area contributed by atoms with Crippen molar-refractivity contribution in [3.05, 3.63) is 17.5 Å². The molecule has 0 spiro atoms. The first-order chi connectivity index (χ1) is 11.8. The molecular formula is C15H24N4O4S2. The number of hydrogen-bond acceptors (Lipinski definition) is 6. The fourth-order valence-electron chi connectivity index (χ4n) is 2.76. The second kappa shape index (κ2) is 8.75. The number of piperidine rings is 1. The van der Waals surface area contributed by atoms with Crippen molar-refractivity contribution in [2.24, 2.45) is 11.7 Å². The third-order valence-electron chi connectivity index (χ3n) is 4.01. The zero-order valence-electron chi connectivity index (χ0n) is 14.1. The number of nitrogens with two attached hydrogens (primary N) is 1. The number of likely N-dealkylation sites (tertiary alicyclic amines) is 1. The summed E-state index contributed by atoms with van der Waals surface area (Å²) in [5.74, 6) is -0.725. The van der Waals surface area contributed by atoms with E-state index in [1.807, 2.05) is 0 Å². The molecule has 10 heteroatoms. The normalized spacial score (nSPS) is 19.4. The molecule has 140 valence electrons. The zero-order chi connectivity index (χ0) is 18.4. The molecule has 4 N–H and O–H groups in total. The van der Waals surface area contributed by atoms with Gasteiger partial charge in [-0.2, -0.15) is 4.72 Å². The van der Waals surface area contributed by atoms with Crippen molar-refractivity contribution in [1.29, 1.82) is 0 Å². The van der Waals surface area contributed by atoms with Gasteiger partial charge >= 0.3 is 0 Å². The van der Waals surface area contributed by atoms with Gasteiger partial charge in [0, 0.05) is 26.2 Å². The van der Waals surface area contributed by atoms with Crippen LogP contribution in [-0.2, 0) is 19.6 Å². The molecule has 0 bridgehead atoms. The van der Waals surface area contributed by atoms with Gasteiger partial charge in [-0.05, 0) is 31.2 Å². The van der Waals surface area contributed by atoms with Crippen LogP contribution in [0.15, 0.2) is 21.7 Å². The van der Waals surface area contributed by atoms with Gasteiger partial charge in [-0.15, -0.1) is 11.3 Å². The molecule has 0 aliphatic carbocycles. The van der Waals surface area contributed by atoms with E-state index in [1.165, 1.54) is 13.0 Å². The molecule has 1 aromatic heterocycles. The zero-order valence-corrected chi connectivity index (χ0v) is 15.7. The molecule has 2 rings (SSSR count). The maximum atomic E-state index is 12.6. The van der Waals surface area contributed by atoms with E-state index in [-0.39, 0.29) is 21.9 Å². The van der Waals surface area contributed by atoms with Crippen LogP contribution in [0.2, 0.25) is 0 Å². The number of carbonyl (C=O) groups is 2. The van der Waals surface area contributed by atoms with E-state index in [9.17, 15) is 18.0 Å². The predicted molar refractivity (Wildman–Crippen MR) is 95.5 cm³/mol. The maximum absolute atomic E-state index is 12.6. The Balaban J connectivity index is 1.96. The summed E-state index contributed by atoms with van der Waals surface area (Å²) in [5.41, 5.74) is 5.38. The van der Waals surface area contributed by atoms with Gasteiger partial charge in [-0.3, -0.25) is 9.59 Å². The van der Waals surface area contributed by atoms with Gasteiger partial charge in [0.25, 0.3) is 10.0 Å². The van der Waals surface area contributed by atoms with E-state index in [0.29, 0.717) is 39.0 Å². The quantitative estimate of drug-likeness (QED) is 0.593. The van der Waals surface area contributed by atoms with Gasteiger partial charge in [0.1, 0.15) is 4.21 Å². The van der Waals surface area contributed by atoms with E-state index in [1.54, 1.807) is 16.3 Å². The number of nitrogens with one attached hydrogen (secondary N) is 2. The second-order valence-corrected chi connectivity index (χ2v) is 8.87. The van der Waals surface area contributed by atoms with Crippen molar-refractivity contribution in [3.8, 4) is 0 Å². The molecule has 1 aliphatic heterocycles. The summed E-state index contributed by atoms with van der Waals surface area (Å²) in [4.78, 5) is 26.2. The molecule has 1 saturated heterocycles. The van der Waals surface area contributed by atoms with E-state index >= 15 is 0 Å². The summed E-state index contributed by atoms with van der Waals surface area (Å²) >= 11 is 1.09. The molecule has 1 fully saturated rings. The minimum absolute atomic E-state index is 0.116. The third kappa shape index (κ3) is 5.24. The monoisotopic (exact) mass is 388 g/mol. The van der Waals surface area contributed by atoms with E-state index in [2.05, 4.69) is 10.0 Å². The van der Waals surface area contributed by atoms with Crippen LogP contribution >= 0.6 is 11.3 Å². The van der Waals surface area contributed by atoms with Crippen molar-refractivity contribution >= 4 is 33.2 Å². The van der Waals surface area contributed by atoms with Crippen molar-refractivity contribution in [3.63, 3.8) is 0 Å². The molecule has 2 unspecified atom stereocenters. The van der Waals surface area contributed by atoms with Gasteiger partial charge in [0.15, 0.2) is 0 Å². The molecule has 2 atom stereocenters. The lowest BCUT2D eigenvalue weighted by Gasteiger charge is -2.33. The summed E-state index contributed by atoms with van der Waals surface area (Å²) in [6.07, 6.45) is 1.41. The molecule has 2 amide bonds. The standard InChI is InChI=1S/C15H24N4O4S2/c1-11(18-25(22,23)13-5-3-9-24-13)15(21)19-8-2-4-12(10-19)14(20)17-7-6-16/h3,5,9,11-12,18H,2,4,6-8,10,16H2,1H3,(H,17,20). The number of thiophene rings is 1. The first-order valence-corrected chi connectivity index (χ1v) is 10.5. The SMILES string of the molecule is CC(NS(=O)(=O)c1cccs1)C(=O)N1CCCC(C(=O)NCCN)C1. The lowest BCUT2D eigenvalue weighted by atomic mass is 9.96. The summed E-state index contributed by atoms with van der Waals surface area (Å²) in [5, 5.41) is 4.40. The van der Waals surface area contributed by atoms with Crippen LogP contribution < -0.4 is 15.8 Å². The third-order valence-corrected chi connectivity index (χ3v) is 6.95. The van der Waals surface area contributed by atoms with E-state index in [0.717, 1.165) is 11.3 Å². The van der Waals surface area contributed by atoms with Crippen molar-refractivity contribution < 1.29 is 18.0 Å². The van der Waals surface area contributed by atoms with Crippen LogP contribution in [-0.4, -0.2) is 57.4 Å². The summed E-state index contributed by atoms with van der Waals surface area (Å²) < 4.78 is 27.0. The highest BCUT2D eigenvalue weighted by Crippen LogP contribution is 2.19. The van der Waals surface area contributed by atoms with Crippen LogP contribution in [0.25, 0.3) is 0 Å². The van der Waals surface area contributed by atoms with Crippen molar-refractivity contribution in [2.75, 3.05) is 26.2 Å². The largest absolute Gasteiger partial charge is 0.355 e. The van der Waals surface area contributed by atoms with Crippen LogP contribution in [0.3, 0.4) is 0 Å². The smallest absolute Gasteiger partial charge is 0.250 e. The number of rotatable bonds is 7. The number of sulfonamides is 1. The van der Waals surface area contributed by atoms with Gasteiger partial charge in [-0.25, -0.2) is 8.42 Å². The Morgan fingerprint density at radius 2 is 2.24 bits per heavy atom. The predicted octanol–water partition coefficient (Wildman–Crippen LogP) is -0.272. The first kappa shape index (κ1) is 19.8. The number of amides is 2. The second-order valence-electron chi connectivity index (χ2n) is 5.98. The Hall–Kier alpha value is -1.49. The fraction of sp³-hybridized carbons (Fsp3) is 0.600. The van der Waals surface area contributed by atoms with E-state index in [4.69, 9.17) is 5.73 Å². The fourth-order valence-corrected chi connectivity index (χ4v) is 4.97. The Labute approximate surface area is 151 Å². The minimum Gasteiger partial charge on any atom is -0.355 e. The highest BCUT2D eigenvalue weighted by atomic mass is 32.2. The lowest BCUT2D eigenvalue weighted by Crippen LogP contribution is -2.52. The van der Waals surface area contributed by atoms with Gasteiger partial charge in [0.2, 0.25) is 11.8 Å². The molecule has 0 aromatic carbocycles. The Bertz CT molecular complexity index is 690. The van der Waals surface area contributed by atoms with Crippen LogP contribution in [0, 0.1) is 5.92 Å². The average molecular weight is 389 g/mol. The topological polar surface area (TPSA) is 122 Å². The number of hydrogen-bond donors (Lipinski definition) is 3. The average Bonchev–Trinajstić information content (AvgIpc) is 3.14. The summed E-state index contributed by atoms with van der Waals surface area (Å²) in [6.45, 7) is 3.10. The number of carbonyl (C=O) groups excluding carboxylic acids is 2. The van der Waals surface area contributed by atoms with Crippen LogP contribution in [0.4, 0.5) is 0 Å². The van der Waals surface area contributed by atoms with Crippen molar-refractivity contribution in [1.82, 2.24) is 14.9 Å². The Morgan fingerprint density at radius 1 is 1.48 bits per heavy atom. The molecular weight excluding hydrogens is 364 g/mol. The Kier molecular flexibility index (Phi) is 6.94. The maximum Gasteiger partial charge on any atom is 0.250 e. The van der Waals surface area contributed by atoms with Gasteiger partial charge in [-0.1, -0.05) is 6.07 Å². The van der Waals surface area contributed by atoms with Gasteiger partial charge in [0.05, 0.1) is 12.0 Å². The Morgan fingerprint density at radius 3 is 2.88 bits per heavy atom. The van der Waals surface area contributed by atoms with Crippen LogP contribution in [0.1, 0.15) is 19.8 Å². The molecule has 0 saturated carbocycles. The first-order valence-electron chi connectivity index (χ1n) is 8.17. The van der Waals surface area contributed by atoms with E-state index < -0.39 is 16.1 Å². The lowest BCUT2D eigenvalue weighted by molar-refractivity contribution is -0.136. The summed E-state index contributed by atoms with van der Waals surface area (Å²) in [7, 11) is -3.71. The molecule has 1 aromatic rings. The summed E-state index contributed by atoms with van der Waals surface area (Å²) in [6, 6.07) is 2.24. The molecule has 25 heavy (non-hydrogen) atoms. The highest BCUT2D eigenvalue weighted by molar-refractivity contribution is 7.91. The molecule has 2 heterocycles. The minimum atomic E-state index is -3.71. The molecule has 8 nitrogen and oxygen atoms in total. The molecule has 1 aliphatic rings. The van der Waals surface area contributed by atoms with Crippen LogP contribution in [0.5, 0.6) is 0 Å².